The van der Waals surface area contributed by atoms with Gasteiger partial charge in [0.1, 0.15) is 0 Å². The zero-order valence-corrected chi connectivity index (χ0v) is 21.3. The standard InChI is InChI=1S/C29H30Cl2N2O2/c1-32-27(23-9-5-6-10-24(23)28(32)34)22(20-11-12-25(30)26(31)19-20)13-16-33-17-14-29(35,15-18-33)21-7-3-2-4-8-21/h2-12,19,22,27,35H,13-18H2,1H3/t22-,27-/m1/s1. The lowest BCUT2D eigenvalue weighted by atomic mass is 9.83. The van der Waals surface area contributed by atoms with E-state index in [9.17, 15) is 9.90 Å². The molecule has 1 saturated heterocycles. The number of halogens is 2. The van der Waals surface area contributed by atoms with Gasteiger partial charge in [0.25, 0.3) is 5.91 Å². The van der Waals surface area contributed by atoms with E-state index in [0.717, 1.165) is 48.3 Å². The Kier molecular flexibility index (Phi) is 6.91. The van der Waals surface area contributed by atoms with Crippen molar-refractivity contribution in [3.63, 3.8) is 0 Å². The number of likely N-dealkylation sites (N-methyl/N-ethyl adjacent to an activating group) is 1. The van der Waals surface area contributed by atoms with Crippen LogP contribution in [0.25, 0.3) is 0 Å². The molecule has 5 rings (SSSR count). The van der Waals surface area contributed by atoms with Gasteiger partial charge in [0.05, 0.1) is 21.7 Å². The van der Waals surface area contributed by atoms with Gasteiger partial charge in [-0.3, -0.25) is 4.79 Å². The summed E-state index contributed by atoms with van der Waals surface area (Å²) in [7, 11) is 1.89. The van der Waals surface area contributed by atoms with Crippen molar-refractivity contribution in [2.45, 2.75) is 36.8 Å². The van der Waals surface area contributed by atoms with E-state index in [1.807, 2.05) is 78.7 Å². The lowest BCUT2D eigenvalue weighted by molar-refractivity contribution is -0.0266. The van der Waals surface area contributed by atoms with E-state index in [4.69, 9.17) is 23.2 Å². The summed E-state index contributed by atoms with van der Waals surface area (Å²) < 4.78 is 0. The van der Waals surface area contributed by atoms with Crippen LogP contribution in [0.1, 0.15) is 58.3 Å². The van der Waals surface area contributed by atoms with Crippen molar-refractivity contribution in [1.82, 2.24) is 9.80 Å². The van der Waals surface area contributed by atoms with Gasteiger partial charge in [-0.2, -0.15) is 0 Å². The van der Waals surface area contributed by atoms with Crippen LogP contribution in [0, 0.1) is 0 Å². The second-order valence-corrected chi connectivity index (χ2v) is 10.6. The molecule has 0 aliphatic carbocycles. The Morgan fingerprint density at radius 3 is 2.37 bits per heavy atom. The third-order valence-corrected chi connectivity index (χ3v) is 8.49. The Morgan fingerprint density at radius 2 is 1.66 bits per heavy atom. The summed E-state index contributed by atoms with van der Waals surface area (Å²) in [5.74, 6) is 0.124. The van der Waals surface area contributed by atoms with E-state index in [-0.39, 0.29) is 17.9 Å². The number of fused-ring (bicyclic) bond motifs is 1. The van der Waals surface area contributed by atoms with Crippen molar-refractivity contribution in [2.24, 2.45) is 0 Å². The smallest absolute Gasteiger partial charge is 0.254 e. The highest BCUT2D eigenvalue weighted by atomic mass is 35.5. The first kappa shape index (κ1) is 24.3. The summed E-state index contributed by atoms with van der Waals surface area (Å²) in [6, 6.07) is 23.6. The van der Waals surface area contributed by atoms with Gasteiger partial charge in [0, 0.05) is 31.6 Å². The van der Waals surface area contributed by atoms with Gasteiger partial charge in [0.15, 0.2) is 0 Å². The molecule has 0 radical (unpaired) electrons. The van der Waals surface area contributed by atoms with Gasteiger partial charge in [-0.15, -0.1) is 0 Å². The fourth-order valence-electron chi connectivity index (χ4n) is 5.72. The molecule has 3 aromatic rings. The third kappa shape index (κ3) is 4.73. The van der Waals surface area contributed by atoms with E-state index >= 15 is 0 Å². The number of likely N-dealkylation sites (tertiary alicyclic amines) is 1. The maximum Gasteiger partial charge on any atom is 0.254 e. The number of carbonyl (C=O) groups is 1. The van der Waals surface area contributed by atoms with E-state index in [0.29, 0.717) is 22.9 Å². The number of piperidine rings is 1. The van der Waals surface area contributed by atoms with Crippen LogP contribution in [0.4, 0.5) is 0 Å². The Balaban J connectivity index is 1.36. The number of amides is 1. The van der Waals surface area contributed by atoms with Crippen LogP contribution in [0.5, 0.6) is 0 Å². The summed E-state index contributed by atoms with van der Waals surface area (Å²) in [6.07, 6.45) is 2.27. The predicted octanol–water partition coefficient (Wildman–Crippen LogP) is 6.28. The van der Waals surface area contributed by atoms with Gasteiger partial charge in [0.2, 0.25) is 0 Å². The number of aliphatic hydroxyl groups is 1. The molecule has 2 atom stereocenters. The molecule has 1 fully saturated rings. The molecule has 0 spiro atoms. The molecule has 0 saturated carbocycles. The summed E-state index contributed by atoms with van der Waals surface area (Å²) in [5, 5.41) is 12.3. The molecule has 35 heavy (non-hydrogen) atoms. The molecule has 2 heterocycles. The highest BCUT2D eigenvalue weighted by molar-refractivity contribution is 6.42. The SMILES string of the molecule is CN1C(=O)c2ccccc2[C@H]1[C@H](CCN1CCC(O)(c2ccccc2)CC1)c1ccc(Cl)c(Cl)c1. The third-order valence-electron chi connectivity index (χ3n) is 7.75. The molecule has 2 aliphatic rings. The molecule has 0 bridgehead atoms. The number of nitrogens with zero attached hydrogens (tertiary/aromatic N) is 2. The van der Waals surface area contributed by atoms with Crippen LogP contribution >= 0.6 is 23.2 Å². The minimum atomic E-state index is -0.766. The molecule has 4 nitrogen and oxygen atoms in total. The molecular formula is C29H30Cl2N2O2. The number of rotatable bonds is 6. The van der Waals surface area contributed by atoms with Crippen molar-refractivity contribution >= 4 is 29.1 Å². The average Bonchev–Trinajstić information content (AvgIpc) is 3.13. The molecule has 3 aromatic carbocycles. The van der Waals surface area contributed by atoms with Gasteiger partial charge in [-0.05, 0) is 60.7 Å². The Morgan fingerprint density at radius 1 is 0.971 bits per heavy atom. The van der Waals surface area contributed by atoms with Crippen molar-refractivity contribution in [1.29, 1.82) is 0 Å². The van der Waals surface area contributed by atoms with Crippen molar-refractivity contribution in [3.05, 3.63) is 105 Å². The average molecular weight is 509 g/mol. The Hall–Kier alpha value is -2.37. The quantitative estimate of drug-likeness (QED) is 0.426. The predicted molar refractivity (Wildman–Crippen MR) is 141 cm³/mol. The second kappa shape index (κ2) is 9.94. The topological polar surface area (TPSA) is 43.8 Å². The van der Waals surface area contributed by atoms with Crippen molar-refractivity contribution in [3.8, 4) is 0 Å². The van der Waals surface area contributed by atoms with E-state index in [1.54, 1.807) is 0 Å². The maximum atomic E-state index is 13.0. The number of benzene rings is 3. The first-order valence-electron chi connectivity index (χ1n) is 12.2. The van der Waals surface area contributed by atoms with Crippen LogP contribution in [0.2, 0.25) is 10.0 Å². The van der Waals surface area contributed by atoms with Gasteiger partial charge >= 0.3 is 0 Å². The molecule has 1 N–H and O–H groups in total. The van der Waals surface area contributed by atoms with Crippen LogP contribution in [0.15, 0.2) is 72.8 Å². The zero-order chi connectivity index (χ0) is 24.6. The molecular weight excluding hydrogens is 479 g/mol. The molecule has 0 aromatic heterocycles. The van der Waals surface area contributed by atoms with Gasteiger partial charge in [-0.25, -0.2) is 0 Å². The van der Waals surface area contributed by atoms with E-state index in [1.165, 1.54) is 0 Å². The summed E-state index contributed by atoms with van der Waals surface area (Å²) in [5.41, 5.74) is 3.15. The molecule has 1 amide bonds. The first-order valence-corrected chi connectivity index (χ1v) is 12.9. The van der Waals surface area contributed by atoms with Crippen LogP contribution in [-0.4, -0.2) is 47.5 Å². The lowest BCUT2D eigenvalue weighted by Crippen LogP contribution is -2.43. The number of hydrogen-bond acceptors (Lipinski definition) is 3. The lowest BCUT2D eigenvalue weighted by Gasteiger charge is -2.39. The first-order chi connectivity index (χ1) is 16.9. The van der Waals surface area contributed by atoms with Crippen molar-refractivity contribution < 1.29 is 9.90 Å². The number of hydrogen-bond donors (Lipinski definition) is 1. The van der Waals surface area contributed by atoms with Crippen LogP contribution in [-0.2, 0) is 5.60 Å². The van der Waals surface area contributed by atoms with Gasteiger partial charge < -0.3 is 14.9 Å². The highest BCUT2D eigenvalue weighted by Gasteiger charge is 2.40. The summed E-state index contributed by atoms with van der Waals surface area (Å²) in [4.78, 5) is 17.3. The fourth-order valence-corrected chi connectivity index (χ4v) is 6.02. The van der Waals surface area contributed by atoms with Gasteiger partial charge in [-0.1, -0.05) is 77.8 Å². The zero-order valence-electron chi connectivity index (χ0n) is 19.8. The van der Waals surface area contributed by atoms with Crippen LogP contribution < -0.4 is 0 Å². The van der Waals surface area contributed by atoms with Crippen LogP contribution in [0.3, 0.4) is 0 Å². The second-order valence-electron chi connectivity index (χ2n) is 9.76. The largest absolute Gasteiger partial charge is 0.385 e. The molecule has 2 aliphatic heterocycles. The molecule has 6 heteroatoms. The van der Waals surface area contributed by atoms with Crippen molar-refractivity contribution in [2.75, 3.05) is 26.7 Å². The fraction of sp³-hybridized carbons (Fsp3) is 0.345. The summed E-state index contributed by atoms with van der Waals surface area (Å²) in [6.45, 7) is 2.53. The normalized spacial score (nSPS) is 20.6. The molecule has 0 unspecified atom stereocenters. The molecule has 182 valence electrons. The summed E-state index contributed by atoms with van der Waals surface area (Å²) >= 11 is 12.6. The maximum absolute atomic E-state index is 13.0. The van der Waals surface area contributed by atoms with E-state index in [2.05, 4.69) is 11.0 Å². The Bertz CT molecular complexity index is 1210. The minimum Gasteiger partial charge on any atom is -0.385 e. The minimum absolute atomic E-state index is 0.0570. The Labute approximate surface area is 217 Å². The highest BCUT2D eigenvalue weighted by Crippen LogP contribution is 2.45. The number of carbonyl (C=O) groups excluding carboxylic acids is 1. The monoisotopic (exact) mass is 508 g/mol. The van der Waals surface area contributed by atoms with E-state index < -0.39 is 5.60 Å².